The van der Waals surface area contributed by atoms with Crippen molar-refractivity contribution in [2.45, 2.75) is 24.6 Å². The maximum atomic E-state index is 10.2. The lowest BCUT2D eigenvalue weighted by Crippen LogP contribution is -2.35. The third-order valence-corrected chi connectivity index (χ3v) is 2.15. The Morgan fingerprint density at radius 2 is 1.86 bits per heavy atom. The van der Waals surface area contributed by atoms with Crippen molar-refractivity contribution in [2.75, 3.05) is 6.61 Å². The molecular weight excluding hydrogens is 220 g/mol. The molecule has 0 aromatic carbocycles. The SMILES string of the molecule is O=S(=O)(O)OC1O[C@H](CO)[C@@H](O)[C@@H]1O. The van der Waals surface area contributed by atoms with E-state index < -0.39 is 41.6 Å². The van der Waals surface area contributed by atoms with Crippen LogP contribution < -0.4 is 0 Å². The average Bonchev–Trinajstić information content (AvgIpc) is 2.30. The highest BCUT2D eigenvalue weighted by Crippen LogP contribution is 2.22. The minimum Gasteiger partial charge on any atom is -0.394 e. The van der Waals surface area contributed by atoms with Gasteiger partial charge in [0.2, 0.25) is 6.29 Å². The molecule has 0 aromatic rings. The van der Waals surface area contributed by atoms with E-state index >= 15 is 0 Å². The summed E-state index contributed by atoms with van der Waals surface area (Å²) in [6.07, 6.45) is -5.96. The van der Waals surface area contributed by atoms with Gasteiger partial charge < -0.3 is 20.1 Å². The lowest BCUT2D eigenvalue weighted by Gasteiger charge is -2.11. The van der Waals surface area contributed by atoms with Crippen molar-refractivity contribution in [2.24, 2.45) is 0 Å². The summed E-state index contributed by atoms with van der Waals surface area (Å²) in [5.74, 6) is 0. The van der Waals surface area contributed by atoms with Crippen LogP contribution in [0.5, 0.6) is 0 Å². The van der Waals surface area contributed by atoms with E-state index in [1.807, 2.05) is 0 Å². The zero-order valence-corrected chi connectivity index (χ0v) is 7.66. The summed E-state index contributed by atoms with van der Waals surface area (Å²) < 4.78 is 37.2. The Morgan fingerprint density at radius 1 is 1.29 bits per heavy atom. The number of hydrogen-bond acceptors (Lipinski definition) is 7. The van der Waals surface area contributed by atoms with Crippen molar-refractivity contribution in [1.29, 1.82) is 0 Å². The standard InChI is InChI=1S/C5H10O8S/c6-1-2-3(7)4(8)5(12-2)13-14(9,10)11/h2-8H,1H2,(H,9,10,11)/t2-,3-,4+,5?/m1/s1. The third kappa shape index (κ3) is 2.60. The van der Waals surface area contributed by atoms with Gasteiger partial charge in [-0.25, -0.2) is 4.18 Å². The van der Waals surface area contributed by atoms with Gasteiger partial charge in [-0.1, -0.05) is 0 Å². The maximum absolute atomic E-state index is 10.2. The van der Waals surface area contributed by atoms with Crippen molar-refractivity contribution in [3.05, 3.63) is 0 Å². The number of aliphatic hydroxyl groups is 3. The molecule has 14 heavy (non-hydrogen) atoms. The number of rotatable bonds is 3. The van der Waals surface area contributed by atoms with Gasteiger partial charge in [-0.05, 0) is 0 Å². The van der Waals surface area contributed by atoms with Gasteiger partial charge in [0.25, 0.3) is 0 Å². The summed E-state index contributed by atoms with van der Waals surface area (Å²) in [5, 5.41) is 26.9. The molecule has 1 aliphatic rings. The first-order valence-corrected chi connectivity index (χ1v) is 5.00. The minimum atomic E-state index is -4.77. The Bertz CT molecular complexity index is 286. The summed E-state index contributed by atoms with van der Waals surface area (Å²) in [7, 11) is -4.77. The molecule has 0 amide bonds. The smallest absolute Gasteiger partial charge is 0.394 e. The van der Waals surface area contributed by atoms with Gasteiger partial charge in [0.05, 0.1) is 6.61 Å². The van der Waals surface area contributed by atoms with E-state index in [2.05, 4.69) is 8.92 Å². The molecule has 1 saturated heterocycles. The summed E-state index contributed by atoms with van der Waals surface area (Å²) in [5.41, 5.74) is 0. The number of ether oxygens (including phenoxy) is 1. The van der Waals surface area contributed by atoms with Gasteiger partial charge in [-0.3, -0.25) is 4.55 Å². The van der Waals surface area contributed by atoms with Gasteiger partial charge in [0.15, 0.2) is 0 Å². The molecule has 0 aromatic heterocycles. The molecule has 0 aliphatic carbocycles. The highest BCUT2D eigenvalue weighted by Gasteiger charge is 2.45. The second-order valence-electron chi connectivity index (χ2n) is 2.73. The highest BCUT2D eigenvalue weighted by atomic mass is 32.3. The molecule has 0 radical (unpaired) electrons. The normalized spacial score (nSPS) is 38.9. The van der Waals surface area contributed by atoms with Gasteiger partial charge in [0.1, 0.15) is 18.3 Å². The zero-order chi connectivity index (χ0) is 10.9. The van der Waals surface area contributed by atoms with Crippen LogP contribution in [0.4, 0.5) is 0 Å². The molecule has 84 valence electrons. The molecule has 1 unspecified atom stereocenters. The van der Waals surface area contributed by atoms with Gasteiger partial charge >= 0.3 is 10.4 Å². The average molecular weight is 230 g/mol. The Balaban J connectivity index is 2.66. The third-order valence-electron chi connectivity index (χ3n) is 1.71. The molecule has 0 saturated carbocycles. The van der Waals surface area contributed by atoms with Crippen LogP contribution in [0.15, 0.2) is 0 Å². The van der Waals surface area contributed by atoms with E-state index in [4.69, 9.17) is 19.9 Å². The molecule has 0 bridgehead atoms. The van der Waals surface area contributed by atoms with Crippen LogP contribution in [0.3, 0.4) is 0 Å². The van der Waals surface area contributed by atoms with E-state index in [0.29, 0.717) is 0 Å². The largest absolute Gasteiger partial charge is 0.399 e. The van der Waals surface area contributed by atoms with Crippen molar-refractivity contribution in [1.82, 2.24) is 0 Å². The zero-order valence-electron chi connectivity index (χ0n) is 6.85. The predicted molar refractivity (Wildman–Crippen MR) is 40.4 cm³/mol. The first-order valence-electron chi connectivity index (χ1n) is 3.63. The fourth-order valence-electron chi connectivity index (χ4n) is 1.06. The van der Waals surface area contributed by atoms with Crippen LogP contribution in [0.2, 0.25) is 0 Å². The second-order valence-corrected chi connectivity index (χ2v) is 3.78. The fraction of sp³-hybridized carbons (Fsp3) is 1.00. The molecule has 9 heteroatoms. The summed E-state index contributed by atoms with van der Waals surface area (Å²) in [6.45, 7) is -0.608. The quantitative estimate of drug-likeness (QED) is 0.383. The van der Waals surface area contributed by atoms with Crippen LogP contribution in [0.25, 0.3) is 0 Å². The Hall–Kier alpha value is -0.290. The molecule has 1 rings (SSSR count). The fourth-order valence-corrected chi connectivity index (χ4v) is 1.46. The number of hydrogen-bond donors (Lipinski definition) is 4. The van der Waals surface area contributed by atoms with E-state index in [0.717, 1.165) is 0 Å². The molecule has 1 fully saturated rings. The van der Waals surface area contributed by atoms with E-state index in [1.54, 1.807) is 0 Å². The summed E-state index contributed by atoms with van der Waals surface area (Å²) in [6, 6.07) is 0. The van der Waals surface area contributed by atoms with Gasteiger partial charge in [-0.2, -0.15) is 8.42 Å². The topological polar surface area (TPSA) is 134 Å². The molecule has 8 nitrogen and oxygen atoms in total. The molecule has 1 heterocycles. The summed E-state index contributed by atoms with van der Waals surface area (Å²) >= 11 is 0. The van der Waals surface area contributed by atoms with Crippen molar-refractivity contribution in [3.8, 4) is 0 Å². The van der Waals surface area contributed by atoms with Crippen molar-refractivity contribution < 1.29 is 37.2 Å². The second kappa shape index (κ2) is 4.06. The Labute approximate surface area is 79.6 Å². The van der Waals surface area contributed by atoms with Gasteiger partial charge in [-0.15, -0.1) is 0 Å². The van der Waals surface area contributed by atoms with Crippen LogP contribution in [0, 0.1) is 0 Å². The monoisotopic (exact) mass is 230 g/mol. The molecule has 0 spiro atoms. The van der Waals surface area contributed by atoms with Crippen LogP contribution in [-0.4, -0.2) is 59.5 Å². The van der Waals surface area contributed by atoms with E-state index in [9.17, 15) is 8.42 Å². The first-order chi connectivity index (χ1) is 6.35. The molecule has 1 aliphatic heterocycles. The van der Waals surface area contributed by atoms with Crippen molar-refractivity contribution >= 4 is 10.4 Å². The van der Waals surface area contributed by atoms with E-state index in [1.165, 1.54) is 0 Å². The van der Waals surface area contributed by atoms with Crippen LogP contribution in [-0.2, 0) is 19.3 Å². The maximum Gasteiger partial charge on any atom is 0.399 e. The van der Waals surface area contributed by atoms with Crippen molar-refractivity contribution in [3.63, 3.8) is 0 Å². The minimum absolute atomic E-state index is 0.608. The Kier molecular flexibility index (Phi) is 3.42. The molecular formula is C5H10O8S. The highest BCUT2D eigenvalue weighted by molar-refractivity contribution is 7.80. The molecule has 4 N–H and O–H groups in total. The van der Waals surface area contributed by atoms with Crippen LogP contribution >= 0.6 is 0 Å². The Morgan fingerprint density at radius 3 is 2.21 bits per heavy atom. The molecule has 4 atom stereocenters. The van der Waals surface area contributed by atoms with Crippen LogP contribution in [0.1, 0.15) is 0 Å². The number of aliphatic hydroxyl groups excluding tert-OH is 3. The lowest BCUT2D eigenvalue weighted by atomic mass is 10.1. The predicted octanol–water partition coefficient (Wildman–Crippen LogP) is -2.76. The summed E-state index contributed by atoms with van der Waals surface area (Å²) in [4.78, 5) is 0. The van der Waals surface area contributed by atoms with Gasteiger partial charge in [0, 0.05) is 0 Å². The lowest BCUT2D eigenvalue weighted by molar-refractivity contribution is -0.117. The van der Waals surface area contributed by atoms with E-state index in [-0.39, 0.29) is 0 Å². The first kappa shape index (κ1) is 11.8.